The maximum Gasteiger partial charge on any atom is 0.231 e. The fourth-order valence-electron chi connectivity index (χ4n) is 2.85. The van der Waals surface area contributed by atoms with Crippen LogP contribution in [-0.2, 0) is 4.79 Å². The molecule has 6 nitrogen and oxygen atoms in total. The SMILES string of the molecule is CCCNC(=O)C1CCCN(c2nnc3c(Cl)cccn23)C1. The van der Waals surface area contributed by atoms with Gasteiger partial charge in [-0.3, -0.25) is 9.20 Å². The van der Waals surface area contributed by atoms with E-state index in [0.717, 1.165) is 38.3 Å². The van der Waals surface area contributed by atoms with Crippen molar-refractivity contribution in [2.75, 3.05) is 24.5 Å². The number of halogens is 1. The Labute approximate surface area is 134 Å². The van der Waals surface area contributed by atoms with E-state index in [1.165, 1.54) is 0 Å². The number of rotatable bonds is 4. The zero-order valence-corrected chi connectivity index (χ0v) is 13.4. The average Bonchev–Trinajstić information content (AvgIpc) is 2.98. The number of hydrogen-bond acceptors (Lipinski definition) is 4. The van der Waals surface area contributed by atoms with Crippen LogP contribution in [0.2, 0.25) is 5.02 Å². The molecule has 0 spiro atoms. The van der Waals surface area contributed by atoms with E-state index in [9.17, 15) is 4.79 Å². The summed E-state index contributed by atoms with van der Waals surface area (Å²) in [5, 5.41) is 12.0. The third-order valence-corrected chi connectivity index (χ3v) is 4.29. The van der Waals surface area contributed by atoms with E-state index in [0.29, 0.717) is 17.2 Å². The molecule has 1 aliphatic heterocycles. The van der Waals surface area contributed by atoms with E-state index in [-0.39, 0.29) is 11.8 Å². The molecule has 1 aliphatic rings. The molecule has 22 heavy (non-hydrogen) atoms. The van der Waals surface area contributed by atoms with Gasteiger partial charge in [0.2, 0.25) is 11.9 Å². The Morgan fingerprint density at radius 2 is 2.36 bits per heavy atom. The Bertz CT molecular complexity index is 671. The van der Waals surface area contributed by atoms with E-state index in [1.807, 2.05) is 16.7 Å². The fraction of sp³-hybridized carbons (Fsp3) is 0.533. The molecule has 0 bridgehead atoms. The summed E-state index contributed by atoms with van der Waals surface area (Å²) in [4.78, 5) is 14.3. The zero-order valence-electron chi connectivity index (χ0n) is 12.6. The molecule has 2 aromatic rings. The van der Waals surface area contributed by atoms with Crippen LogP contribution in [0.1, 0.15) is 26.2 Å². The molecule has 2 aromatic heterocycles. The van der Waals surface area contributed by atoms with Crippen molar-refractivity contribution in [1.29, 1.82) is 0 Å². The predicted octanol–water partition coefficient (Wildman–Crippen LogP) is 2.13. The average molecular weight is 322 g/mol. The van der Waals surface area contributed by atoms with E-state index < -0.39 is 0 Å². The number of fused-ring (bicyclic) bond motifs is 1. The van der Waals surface area contributed by atoms with Crippen molar-refractivity contribution in [3.63, 3.8) is 0 Å². The van der Waals surface area contributed by atoms with Crippen molar-refractivity contribution in [3.05, 3.63) is 23.4 Å². The monoisotopic (exact) mass is 321 g/mol. The van der Waals surface area contributed by atoms with Gasteiger partial charge in [-0.1, -0.05) is 18.5 Å². The molecule has 0 radical (unpaired) electrons. The Balaban J connectivity index is 1.79. The first kappa shape index (κ1) is 15.1. The third kappa shape index (κ3) is 2.88. The standard InChI is InChI=1S/C15H20ClN5O/c1-2-7-17-14(22)11-5-3-8-20(10-11)15-19-18-13-12(16)6-4-9-21(13)15/h4,6,9,11H,2-3,5,7-8,10H2,1H3,(H,17,22). The van der Waals surface area contributed by atoms with Gasteiger partial charge in [0.25, 0.3) is 0 Å². The number of anilines is 1. The van der Waals surface area contributed by atoms with Crippen molar-refractivity contribution in [2.24, 2.45) is 5.92 Å². The van der Waals surface area contributed by atoms with Crippen LogP contribution < -0.4 is 10.2 Å². The van der Waals surface area contributed by atoms with Crippen LogP contribution in [0.4, 0.5) is 5.95 Å². The maximum absolute atomic E-state index is 12.2. The van der Waals surface area contributed by atoms with Gasteiger partial charge in [0.05, 0.1) is 10.9 Å². The van der Waals surface area contributed by atoms with Crippen molar-refractivity contribution in [1.82, 2.24) is 19.9 Å². The summed E-state index contributed by atoms with van der Waals surface area (Å²) in [7, 11) is 0. The van der Waals surface area contributed by atoms with Gasteiger partial charge in [-0.15, -0.1) is 10.2 Å². The van der Waals surface area contributed by atoms with E-state index in [2.05, 4.69) is 27.3 Å². The minimum absolute atomic E-state index is 0.00633. The van der Waals surface area contributed by atoms with Crippen molar-refractivity contribution < 1.29 is 4.79 Å². The number of carbonyl (C=O) groups is 1. The van der Waals surface area contributed by atoms with Gasteiger partial charge < -0.3 is 10.2 Å². The second-order valence-electron chi connectivity index (χ2n) is 5.63. The summed E-state index contributed by atoms with van der Waals surface area (Å²) in [6.07, 6.45) is 4.75. The summed E-state index contributed by atoms with van der Waals surface area (Å²) in [5.41, 5.74) is 0.650. The highest BCUT2D eigenvalue weighted by atomic mass is 35.5. The lowest BCUT2D eigenvalue weighted by atomic mass is 9.97. The zero-order chi connectivity index (χ0) is 15.5. The normalized spacial score (nSPS) is 18.6. The minimum Gasteiger partial charge on any atom is -0.356 e. The van der Waals surface area contributed by atoms with Crippen LogP contribution in [0, 0.1) is 5.92 Å². The number of aromatic nitrogens is 3. The number of nitrogens with zero attached hydrogens (tertiary/aromatic N) is 4. The highest BCUT2D eigenvalue weighted by Crippen LogP contribution is 2.24. The Kier molecular flexibility index (Phi) is 4.47. The summed E-state index contributed by atoms with van der Waals surface area (Å²) in [5.74, 6) is 0.899. The smallest absolute Gasteiger partial charge is 0.231 e. The summed E-state index contributed by atoms with van der Waals surface area (Å²) < 4.78 is 1.88. The maximum atomic E-state index is 12.2. The van der Waals surface area contributed by atoms with Gasteiger partial charge in [0.1, 0.15) is 0 Å². The molecule has 0 saturated carbocycles. The molecule has 118 valence electrons. The number of pyridine rings is 1. The topological polar surface area (TPSA) is 62.5 Å². The molecule has 1 saturated heterocycles. The molecular formula is C15H20ClN5O. The van der Waals surface area contributed by atoms with Crippen molar-refractivity contribution in [2.45, 2.75) is 26.2 Å². The molecule has 1 amide bonds. The first-order chi connectivity index (χ1) is 10.7. The van der Waals surface area contributed by atoms with Crippen LogP contribution in [0.3, 0.4) is 0 Å². The second-order valence-corrected chi connectivity index (χ2v) is 6.03. The lowest BCUT2D eigenvalue weighted by Crippen LogP contribution is -2.43. The van der Waals surface area contributed by atoms with Gasteiger partial charge in [0, 0.05) is 25.8 Å². The summed E-state index contributed by atoms with van der Waals surface area (Å²) >= 11 is 6.14. The van der Waals surface area contributed by atoms with Gasteiger partial charge in [-0.2, -0.15) is 0 Å². The third-order valence-electron chi connectivity index (χ3n) is 3.99. The quantitative estimate of drug-likeness (QED) is 0.937. The largest absolute Gasteiger partial charge is 0.356 e. The molecule has 1 unspecified atom stereocenters. The summed E-state index contributed by atoms with van der Waals surface area (Å²) in [6.45, 7) is 4.34. The van der Waals surface area contributed by atoms with Gasteiger partial charge in [-0.05, 0) is 31.4 Å². The van der Waals surface area contributed by atoms with Crippen LogP contribution in [0.15, 0.2) is 18.3 Å². The molecular weight excluding hydrogens is 302 g/mol. The number of hydrogen-bond donors (Lipinski definition) is 1. The summed E-state index contributed by atoms with van der Waals surface area (Å²) in [6, 6.07) is 3.67. The van der Waals surface area contributed by atoms with Crippen LogP contribution in [-0.4, -0.2) is 40.1 Å². The van der Waals surface area contributed by atoms with E-state index in [1.54, 1.807) is 6.07 Å². The van der Waals surface area contributed by atoms with Gasteiger partial charge >= 0.3 is 0 Å². The molecule has 3 heterocycles. The Morgan fingerprint density at radius 3 is 3.18 bits per heavy atom. The van der Waals surface area contributed by atoms with Crippen LogP contribution in [0.5, 0.6) is 0 Å². The molecule has 1 fully saturated rings. The first-order valence-corrected chi connectivity index (χ1v) is 8.10. The molecule has 0 aromatic carbocycles. The van der Waals surface area contributed by atoms with Crippen LogP contribution in [0.25, 0.3) is 5.65 Å². The predicted molar refractivity (Wildman–Crippen MR) is 86.2 cm³/mol. The molecule has 1 atom stereocenters. The Hall–Kier alpha value is -1.82. The van der Waals surface area contributed by atoms with E-state index in [4.69, 9.17) is 11.6 Å². The molecule has 0 aliphatic carbocycles. The minimum atomic E-state index is 0.00633. The van der Waals surface area contributed by atoms with Gasteiger partial charge in [0.15, 0.2) is 5.65 Å². The van der Waals surface area contributed by atoms with Crippen molar-refractivity contribution in [3.8, 4) is 0 Å². The van der Waals surface area contributed by atoms with Gasteiger partial charge in [-0.25, -0.2) is 0 Å². The lowest BCUT2D eigenvalue weighted by molar-refractivity contribution is -0.125. The number of amides is 1. The number of nitrogens with one attached hydrogen (secondary N) is 1. The molecule has 7 heteroatoms. The Morgan fingerprint density at radius 1 is 1.50 bits per heavy atom. The highest BCUT2D eigenvalue weighted by molar-refractivity contribution is 6.33. The second kappa shape index (κ2) is 6.52. The number of carbonyl (C=O) groups excluding carboxylic acids is 1. The lowest BCUT2D eigenvalue weighted by Gasteiger charge is -2.31. The van der Waals surface area contributed by atoms with Crippen molar-refractivity contribution >= 4 is 29.1 Å². The fourth-order valence-corrected chi connectivity index (χ4v) is 3.05. The molecule has 1 N–H and O–H groups in total. The van der Waals surface area contributed by atoms with E-state index >= 15 is 0 Å². The molecule has 3 rings (SSSR count). The first-order valence-electron chi connectivity index (χ1n) is 7.72. The van der Waals surface area contributed by atoms with Crippen LogP contribution >= 0.6 is 11.6 Å². The highest BCUT2D eigenvalue weighted by Gasteiger charge is 2.28. The number of piperidine rings is 1.